The zero-order valence-corrected chi connectivity index (χ0v) is 66.2. The number of fused-ring (bicyclic) bond motifs is 4. The van der Waals surface area contributed by atoms with Crippen molar-refractivity contribution in [3.05, 3.63) is 153 Å². The molecule has 3 aromatic carbocycles. The summed E-state index contributed by atoms with van der Waals surface area (Å²) < 4.78 is 74.4. The molecule has 3 aromatic rings. The number of rotatable bonds is 52. The van der Waals surface area contributed by atoms with Gasteiger partial charge in [0.15, 0.2) is 51.9 Å². The number of nitrogens with one attached hydrogen (secondary N) is 2. The highest BCUT2D eigenvalue weighted by Crippen LogP contribution is 2.46. The highest BCUT2D eigenvalue weighted by molar-refractivity contribution is 6.18. The second-order valence-electron chi connectivity index (χ2n) is 28.8. The van der Waals surface area contributed by atoms with Crippen LogP contribution in [-0.4, -0.2) is 209 Å². The Hall–Kier alpha value is -9.05. The average molecular weight is 1550 g/mol. The lowest BCUT2D eigenvalue weighted by Crippen LogP contribution is -2.42. The second-order valence-corrected chi connectivity index (χ2v) is 28.8. The van der Waals surface area contributed by atoms with Crippen LogP contribution in [0.4, 0.5) is 0 Å². The first-order valence-corrected chi connectivity index (χ1v) is 39.1. The van der Waals surface area contributed by atoms with E-state index in [-0.39, 0.29) is 103 Å². The van der Waals surface area contributed by atoms with Gasteiger partial charge in [-0.05, 0) is 148 Å². The normalized spacial score (nSPS) is 17.9. The van der Waals surface area contributed by atoms with Gasteiger partial charge in [0.05, 0.1) is 157 Å². The molecule has 3 unspecified atom stereocenters. The quantitative estimate of drug-likeness (QED) is 0.0230. The van der Waals surface area contributed by atoms with E-state index in [9.17, 15) is 43.2 Å². The number of carbonyl (C=O) groups excluding carboxylic acids is 9. The van der Waals surface area contributed by atoms with Crippen molar-refractivity contribution in [3.63, 3.8) is 0 Å². The van der Waals surface area contributed by atoms with Gasteiger partial charge in [-0.25, -0.2) is 0 Å². The van der Waals surface area contributed by atoms with Gasteiger partial charge in [0.1, 0.15) is 6.61 Å². The minimum atomic E-state index is -0.856. The molecule has 2 N–H and O–H groups in total. The van der Waals surface area contributed by atoms with Crippen LogP contribution >= 0.6 is 0 Å². The van der Waals surface area contributed by atoms with Crippen LogP contribution in [0.3, 0.4) is 0 Å². The van der Waals surface area contributed by atoms with Crippen molar-refractivity contribution in [2.45, 2.75) is 130 Å². The van der Waals surface area contributed by atoms with E-state index in [1.54, 1.807) is 73.6 Å². The van der Waals surface area contributed by atoms with Crippen molar-refractivity contribution in [3.8, 4) is 23.0 Å². The fourth-order valence-corrected chi connectivity index (χ4v) is 13.5. The standard InChI is InChI=1S/C87H113N3O22/c1-58(2)69(25-24-68(91)29-33-102-35-37-104-39-41-106-43-45-108-47-48-109-46-44-107-42-40-105-38-36-103-34-30-88-83(96)14-12-13-70-76(93)27-28-77(70)94)85(97)89-62(6)75(92)26-20-63-16-18-64(19-17-63)57-112-87(99)84-61(5)74-50-60(4)56-90(74)86(98)73-55-80(101-8)82(54-72(73)84)111-32-11-9-10-31-110-81-52-67-23-22-65-49-59(3)15-21-66(65)51-78(95)71(67)53-79(81)100-7/h15-28,52-56,58,61-62,65,69-70,74,84H,9-14,29-51,57H2,1-8H3,(H,88,96)(H,89,97)/b23-22?,25-24+,26-20+/t61?,62-,65+,69-,74?,84?/m0/s1. The minimum Gasteiger partial charge on any atom is -0.493 e. The van der Waals surface area contributed by atoms with Gasteiger partial charge < -0.3 is 77.1 Å². The molecule has 6 atom stereocenters. The molecule has 0 radical (unpaired) electrons. The summed E-state index contributed by atoms with van der Waals surface area (Å²) >= 11 is 0. The Morgan fingerprint density at radius 2 is 1.17 bits per heavy atom. The van der Waals surface area contributed by atoms with Crippen molar-refractivity contribution in [2.24, 2.45) is 29.6 Å². The lowest BCUT2D eigenvalue weighted by atomic mass is 9.80. The third kappa shape index (κ3) is 28.2. The molecule has 112 heavy (non-hydrogen) atoms. The lowest BCUT2D eigenvalue weighted by molar-refractivity contribution is -0.148. The first-order chi connectivity index (χ1) is 54.2. The molecule has 2 heterocycles. The Bertz CT molecular complexity index is 3870. The van der Waals surface area contributed by atoms with Crippen molar-refractivity contribution < 1.29 is 105 Å². The second kappa shape index (κ2) is 47.5. The van der Waals surface area contributed by atoms with E-state index >= 15 is 0 Å². The van der Waals surface area contributed by atoms with Crippen LogP contribution in [-0.2, 0) is 82.8 Å². The largest absolute Gasteiger partial charge is 0.493 e. The van der Waals surface area contributed by atoms with Gasteiger partial charge in [0, 0.05) is 55.1 Å². The van der Waals surface area contributed by atoms with Crippen LogP contribution in [0, 0.1) is 29.6 Å². The SMILES string of the molecule is COc1cc2c(cc1OCCCCCOc1cc3c(cc1OC)C(=O)N1C=C(C)CC1C(C)C3C(=O)OCc1ccc(/C=C/C(=O)[C@H](C)NC(=O)[C@@H](/C=C/C(=O)CCOCCOCCOCCOCCOCCOCCOCCOCCNC(=O)CCCC3C(=O)C=CC3=O)C(C)C)cc1)C=C[C@@H]1CC(C)=CC=C1CC2=O. The van der Waals surface area contributed by atoms with E-state index in [2.05, 4.69) is 35.8 Å². The molecule has 8 rings (SSSR count). The van der Waals surface area contributed by atoms with Crippen molar-refractivity contribution in [1.82, 2.24) is 15.5 Å². The van der Waals surface area contributed by atoms with Crippen LogP contribution in [0.5, 0.6) is 23.0 Å². The number of carbonyl (C=O) groups is 9. The Morgan fingerprint density at radius 1 is 0.598 bits per heavy atom. The highest BCUT2D eigenvalue weighted by Gasteiger charge is 2.46. The number of benzene rings is 3. The number of nitrogens with zero attached hydrogens (tertiary/aromatic N) is 1. The predicted octanol–water partition coefficient (Wildman–Crippen LogP) is 11.0. The number of unbranched alkanes of at least 4 members (excludes halogenated alkanes) is 2. The van der Waals surface area contributed by atoms with Gasteiger partial charge in [0.25, 0.3) is 5.91 Å². The summed E-state index contributed by atoms with van der Waals surface area (Å²) in [5.41, 5.74) is 7.09. The zero-order valence-electron chi connectivity index (χ0n) is 66.2. The summed E-state index contributed by atoms with van der Waals surface area (Å²) in [5, 5.41) is 5.56. The number of amides is 3. The topological polar surface area (TPSA) is 301 Å². The van der Waals surface area contributed by atoms with E-state index in [1.165, 1.54) is 37.0 Å². The van der Waals surface area contributed by atoms with Crippen LogP contribution in [0.15, 0.2) is 120 Å². The Kier molecular flexibility index (Phi) is 37.5. The van der Waals surface area contributed by atoms with Gasteiger partial charge in [0.2, 0.25) is 11.8 Å². The summed E-state index contributed by atoms with van der Waals surface area (Å²) in [4.78, 5) is 119. The fourth-order valence-electron chi connectivity index (χ4n) is 13.5. The zero-order chi connectivity index (χ0) is 80.2. The predicted molar refractivity (Wildman–Crippen MR) is 420 cm³/mol. The van der Waals surface area contributed by atoms with Crippen LogP contribution < -0.4 is 29.6 Å². The molecule has 3 amide bonds. The number of allylic oxidation sites excluding steroid dienone is 8. The number of ketones is 5. The molecule has 5 aliphatic rings. The van der Waals surface area contributed by atoms with E-state index < -0.39 is 29.8 Å². The summed E-state index contributed by atoms with van der Waals surface area (Å²) in [7, 11) is 3.09. The van der Waals surface area contributed by atoms with Crippen molar-refractivity contribution >= 4 is 64.8 Å². The third-order valence-corrected chi connectivity index (χ3v) is 19.9. The van der Waals surface area contributed by atoms with Crippen LogP contribution in [0.1, 0.15) is 155 Å². The van der Waals surface area contributed by atoms with Crippen LogP contribution in [0.25, 0.3) is 12.2 Å². The van der Waals surface area contributed by atoms with E-state index in [0.29, 0.717) is 202 Å². The number of Topliss-reactive ketones (excluding diaryl/α,β-unsaturated/α-hetero) is 1. The van der Waals surface area contributed by atoms with Crippen LogP contribution in [0.2, 0.25) is 0 Å². The Labute approximate surface area is 658 Å². The molecular weight excluding hydrogens is 1440 g/mol. The molecule has 0 saturated carbocycles. The summed E-state index contributed by atoms with van der Waals surface area (Å²) in [6, 6.07) is 13.2. The molecule has 25 nitrogen and oxygen atoms in total. The fraction of sp³-hybridized carbons (Fsp3) is 0.529. The maximum atomic E-state index is 14.5. The molecule has 0 saturated heterocycles. The summed E-state index contributed by atoms with van der Waals surface area (Å²) in [6.07, 6.45) is 24.0. The lowest BCUT2D eigenvalue weighted by Gasteiger charge is -2.29. The monoisotopic (exact) mass is 1550 g/mol. The molecule has 25 heteroatoms. The summed E-state index contributed by atoms with van der Waals surface area (Å²) in [5.74, 6) is -2.73. The maximum Gasteiger partial charge on any atom is 0.314 e. The van der Waals surface area contributed by atoms with Crippen molar-refractivity contribution in [2.75, 3.05) is 140 Å². The molecule has 3 aliphatic carbocycles. The Balaban J connectivity index is 0.652. The molecule has 608 valence electrons. The average Bonchev–Trinajstić information content (AvgIpc) is 1.59. The number of hydrogen-bond donors (Lipinski definition) is 2. The highest BCUT2D eigenvalue weighted by atomic mass is 16.6. The van der Waals surface area contributed by atoms with E-state index in [0.717, 1.165) is 29.6 Å². The van der Waals surface area contributed by atoms with Gasteiger partial charge in [-0.1, -0.05) is 98.2 Å². The number of methoxy groups -OCH3 is 2. The molecule has 2 aliphatic heterocycles. The molecule has 0 bridgehead atoms. The van der Waals surface area contributed by atoms with Gasteiger partial charge in [-0.3, -0.25) is 43.2 Å². The number of esters is 1. The molecule has 0 spiro atoms. The van der Waals surface area contributed by atoms with Gasteiger partial charge >= 0.3 is 5.97 Å². The summed E-state index contributed by atoms with van der Waals surface area (Å²) in [6.45, 7) is 18.4. The molecule has 0 aromatic heterocycles. The first-order valence-electron chi connectivity index (χ1n) is 39.1. The van der Waals surface area contributed by atoms with Gasteiger partial charge in [-0.15, -0.1) is 0 Å². The first kappa shape index (κ1) is 88.5. The minimum absolute atomic E-state index is 0.0503. The van der Waals surface area contributed by atoms with E-state index in [1.807, 2.05) is 46.0 Å². The number of hydrogen-bond acceptors (Lipinski definition) is 22. The van der Waals surface area contributed by atoms with Crippen molar-refractivity contribution in [1.29, 1.82) is 0 Å². The molecular formula is C87H113N3O22. The number of ether oxygens (including phenoxy) is 13. The maximum absolute atomic E-state index is 14.5. The third-order valence-electron chi connectivity index (χ3n) is 19.9. The Morgan fingerprint density at radius 3 is 1.76 bits per heavy atom. The smallest absolute Gasteiger partial charge is 0.314 e. The molecule has 0 fully saturated rings. The van der Waals surface area contributed by atoms with Gasteiger partial charge in [-0.2, -0.15) is 0 Å². The van der Waals surface area contributed by atoms with E-state index in [4.69, 9.17) is 61.6 Å².